The van der Waals surface area contributed by atoms with Gasteiger partial charge in [0.1, 0.15) is 5.75 Å². The first-order valence-electron chi connectivity index (χ1n) is 7.63. The zero-order valence-corrected chi connectivity index (χ0v) is 13.2. The quantitative estimate of drug-likeness (QED) is 0.805. The molecule has 1 heterocycles. The van der Waals surface area contributed by atoms with Crippen molar-refractivity contribution in [1.29, 1.82) is 0 Å². The number of methoxy groups -OCH3 is 1. The molecule has 0 saturated carbocycles. The number of unbranched alkanes of at least 4 members (excludes halogenated alkanes) is 1. The maximum atomic E-state index is 5.17. The van der Waals surface area contributed by atoms with E-state index in [9.17, 15) is 0 Å². The van der Waals surface area contributed by atoms with Crippen LogP contribution >= 0.6 is 0 Å². The molecule has 0 bridgehead atoms. The first-order valence-corrected chi connectivity index (χ1v) is 7.63. The first kappa shape index (κ1) is 15.4. The normalized spacial score (nSPS) is 10.6. The fourth-order valence-electron chi connectivity index (χ4n) is 2.30. The molecule has 2 rings (SSSR count). The smallest absolute Gasteiger partial charge is 0.203 e. The second-order valence-electron chi connectivity index (χ2n) is 5.28. The van der Waals surface area contributed by atoms with Crippen molar-refractivity contribution in [3.05, 3.63) is 41.7 Å². The van der Waals surface area contributed by atoms with Crippen molar-refractivity contribution in [2.75, 3.05) is 19.0 Å². The Morgan fingerprint density at radius 2 is 2.00 bits per heavy atom. The summed E-state index contributed by atoms with van der Waals surface area (Å²) in [6.07, 6.45) is 5.47. The Morgan fingerprint density at radius 3 is 2.67 bits per heavy atom. The lowest BCUT2D eigenvalue weighted by Crippen LogP contribution is -2.10. The van der Waals surface area contributed by atoms with Crippen LogP contribution < -0.4 is 10.1 Å². The van der Waals surface area contributed by atoms with E-state index in [1.807, 2.05) is 19.1 Å². The van der Waals surface area contributed by atoms with Gasteiger partial charge in [0.25, 0.3) is 0 Å². The van der Waals surface area contributed by atoms with Crippen LogP contribution in [0.25, 0.3) is 0 Å². The number of hydrogen-bond donors (Lipinski definition) is 1. The van der Waals surface area contributed by atoms with E-state index >= 15 is 0 Å². The third kappa shape index (κ3) is 4.52. The van der Waals surface area contributed by atoms with Crippen LogP contribution in [0.3, 0.4) is 0 Å². The third-order valence-corrected chi connectivity index (χ3v) is 3.51. The molecule has 0 aliphatic heterocycles. The van der Waals surface area contributed by atoms with Crippen molar-refractivity contribution in [3.8, 4) is 5.75 Å². The van der Waals surface area contributed by atoms with Gasteiger partial charge in [0.05, 0.1) is 12.8 Å². The fourth-order valence-corrected chi connectivity index (χ4v) is 2.30. The van der Waals surface area contributed by atoms with Gasteiger partial charge < -0.3 is 14.6 Å². The Balaban J connectivity index is 1.87. The highest BCUT2D eigenvalue weighted by atomic mass is 16.5. The molecular weight excluding hydrogens is 262 g/mol. The third-order valence-electron chi connectivity index (χ3n) is 3.51. The fraction of sp³-hybridized carbons (Fsp3) is 0.471. The van der Waals surface area contributed by atoms with Gasteiger partial charge in [-0.25, -0.2) is 4.98 Å². The van der Waals surface area contributed by atoms with E-state index in [0.29, 0.717) is 0 Å². The molecule has 0 radical (unpaired) electrons. The molecule has 114 valence electrons. The van der Waals surface area contributed by atoms with Crippen LogP contribution in [0.15, 0.2) is 30.5 Å². The molecule has 0 atom stereocenters. The number of imidazole rings is 1. The van der Waals surface area contributed by atoms with E-state index in [-0.39, 0.29) is 0 Å². The SMILES string of the molecule is CCCCn1cc(C)nc1NCCc1ccc(OC)cc1. The average molecular weight is 287 g/mol. The number of ether oxygens (including phenoxy) is 1. The molecule has 0 fully saturated rings. The first-order chi connectivity index (χ1) is 10.2. The van der Waals surface area contributed by atoms with Crippen molar-refractivity contribution in [3.63, 3.8) is 0 Å². The maximum Gasteiger partial charge on any atom is 0.203 e. The summed E-state index contributed by atoms with van der Waals surface area (Å²) in [5.74, 6) is 1.88. The molecule has 1 N–H and O–H groups in total. The van der Waals surface area contributed by atoms with Crippen molar-refractivity contribution in [2.24, 2.45) is 0 Å². The standard InChI is InChI=1S/C17H25N3O/c1-4-5-12-20-13-14(2)19-17(20)18-11-10-15-6-8-16(21-3)9-7-15/h6-9,13H,4-5,10-12H2,1-3H3,(H,18,19). The highest BCUT2D eigenvalue weighted by Crippen LogP contribution is 2.13. The Labute approximate surface area is 127 Å². The number of hydrogen-bond acceptors (Lipinski definition) is 3. The molecule has 0 unspecified atom stereocenters. The number of anilines is 1. The zero-order valence-electron chi connectivity index (χ0n) is 13.2. The second kappa shape index (κ2) is 7.72. The molecule has 0 aliphatic rings. The molecule has 21 heavy (non-hydrogen) atoms. The van der Waals surface area contributed by atoms with Crippen LogP contribution in [0.5, 0.6) is 5.75 Å². The molecule has 1 aromatic carbocycles. The van der Waals surface area contributed by atoms with Crippen molar-refractivity contribution in [2.45, 2.75) is 39.7 Å². The van der Waals surface area contributed by atoms with Crippen molar-refractivity contribution < 1.29 is 4.74 Å². The predicted octanol–water partition coefficient (Wildman–Crippen LogP) is 3.65. The molecule has 4 nitrogen and oxygen atoms in total. The van der Waals surface area contributed by atoms with Gasteiger partial charge in [-0.05, 0) is 37.5 Å². The minimum Gasteiger partial charge on any atom is -0.497 e. The van der Waals surface area contributed by atoms with Gasteiger partial charge in [0.2, 0.25) is 5.95 Å². The van der Waals surface area contributed by atoms with E-state index in [0.717, 1.165) is 36.9 Å². The summed E-state index contributed by atoms with van der Waals surface area (Å²) in [6, 6.07) is 8.22. The van der Waals surface area contributed by atoms with E-state index in [2.05, 4.69) is 40.1 Å². The molecule has 1 aromatic heterocycles. The Kier molecular flexibility index (Phi) is 5.67. The summed E-state index contributed by atoms with van der Waals surface area (Å²) in [6.45, 7) is 6.16. The molecule has 4 heteroatoms. The van der Waals surface area contributed by atoms with Gasteiger partial charge >= 0.3 is 0 Å². The number of rotatable bonds is 8. The summed E-state index contributed by atoms with van der Waals surface area (Å²) < 4.78 is 7.39. The highest BCUT2D eigenvalue weighted by molar-refractivity contribution is 5.31. The largest absolute Gasteiger partial charge is 0.497 e. The minimum absolute atomic E-state index is 0.884. The zero-order chi connectivity index (χ0) is 15.1. The number of nitrogens with one attached hydrogen (secondary N) is 1. The van der Waals surface area contributed by atoms with Crippen LogP contribution in [0.2, 0.25) is 0 Å². The number of nitrogens with zero attached hydrogens (tertiary/aromatic N) is 2. The van der Waals surface area contributed by atoms with Crippen LogP contribution in [0.4, 0.5) is 5.95 Å². The molecule has 0 saturated heterocycles. The Bertz CT molecular complexity index is 546. The minimum atomic E-state index is 0.884. The van der Waals surface area contributed by atoms with Crippen LogP contribution in [0, 0.1) is 6.92 Å². The highest BCUT2D eigenvalue weighted by Gasteiger charge is 2.04. The molecule has 2 aromatic rings. The van der Waals surface area contributed by atoms with E-state index in [1.165, 1.54) is 18.4 Å². The molecule has 0 spiro atoms. The van der Waals surface area contributed by atoms with Gasteiger partial charge in [-0.3, -0.25) is 0 Å². The van der Waals surface area contributed by atoms with E-state index < -0.39 is 0 Å². The molecule has 0 aliphatic carbocycles. The van der Waals surface area contributed by atoms with Gasteiger partial charge in [-0.1, -0.05) is 25.5 Å². The lowest BCUT2D eigenvalue weighted by molar-refractivity contribution is 0.414. The van der Waals surface area contributed by atoms with E-state index in [1.54, 1.807) is 7.11 Å². The van der Waals surface area contributed by atoms with Gasteiger partial charge in [-0.15, -0.1) is 0 Å². The summed E-state index contributed by atoms with van der Waals surface area (Å²) >= 11 is 0. The number of aromatic nitrogens is 2. The van der Waals surface area contributed by atoms with Crippen molar-refractivity contribution in [1.82, 2.24) is 9.55 Å². The lowest BCUT2D eigenvalue weighted by atomic mass is 10.1. The Morgan fingerprint density at radius 1 is 1.24 bits per heavy atom. The number of benzene rings is 1. The summed E-state index contributed by atoms with van der Waals surface area (Å²) in [5.41, 5.74) is 2.37. The van der Waals surface area contributed by atoms with Gasteiger partial charge in [-0.2, -0.15) is 0 Å². The van der Waals surface area contributed by atoms with Crippen LogP contribution in [-0.2, 0) is 13.0 Å². The van der Waals surface area contributed by atoms with Gasteiger partial charge in [0, 0.05) is 19.3 Å². The topological polar surface area (TPSA) is 39.1 Å². The van der Waals surface area contributed by atoms with E-state index in [4.69, 9.17) is 4.74 Å². The summed E-state index contributed by atoms with van der Waals surface area (Å²) in [4.78, 5) is 4.55. The molecular formula is C17H25N3O. The van der Waals surface area contributed by atoms with Crippen LogP contribution in [0.1, 0.15) is 31.0 Å². The lowest BCUT2D eigenvalue weighted by Gasteiger charge is -2.09. The summed E-state index contributed by atoms with van der Waals surface area (Å²) in [5, 5.41) is 3.44. The number of aryl methyl sites for hydroxylation is 2. The molecule has 0 amide bonds. The summed E-state index contributed by atoms with van der Waals surface area (Å²) in [7, 11) is 1.69. The van der Waals surface area contributed by atoms with Crippen molar-refractivity contribution >= 4 is 5.95 Å². The Hall–Kier alpha value is -1.97. The average Bonchev–Trinajstić information content (AvgIpc) is 2.86. The monoisotopic (exact) mass is 287 g/mol. The van der Waals surface area contributed by atoms with Gasteiger partial charge in [0.15, 0.2) is 0 Å². The maximum absolute atomic E-state index is 5.17. The predicted molar refractivity (Wildman–Crippen MR) is 87.1 cm³/mol. The van der Waals surface area contributed by atoms with Crippen LogP contribution in [-0.4, -0.2) is 23.2 Å². The second-order valence-corrected chi connectivity index (χ2v) is 5.28.